The zero-order valence-corrected chi connectivity index (χ0v) is 12.2. The maximum Gasteiger partial charge on any atom is 0.261 e. The van der Waals surface area contributed by atoms with Gasteiger partial charge >= 0.3 is 0 Å². The van der Waals surface area contributed by atoms with Crippen LogP contribution in [0.3, 0.4) is 0 Å². The molecule has 0 radical (unpaired) electrons. The highest BCUT2D eigenvalue weighted by Gasteiger charge is 2.17. The van der Waals surface area contributed by atoms with Gasteiger partial charge in [0.25, 0.3) is 5.91 Å². The van der Waals surface area contributed by atoms with Gasteiger partial charge < -0.3 is 15.2 Å². The average molecular weight is 286 g/mol. The number of rotatable bonds is 6. The molecule has 4 nitrogen and oxygen atoms in total. The van der Waals surface area contributed by atoms with Crippen molar-refractivity contribution < 1.29 is 14.6 Å². The summed E-state index contributed by atoms with van der Waals surface area (Å²) >= 11 is 5.92. The van der Waals surface area contributed by atoms with E-state index in [1.165, 1.54) is 0 Å². The van der Waals surface area contributed by atoms with E-state index in [1.807, 2.05) is 13.8 Å². The molecule has 1 rings (SSSR count). The monoisotopic (exact) mass is 285 g/mol. The SMILES string of the molecule is CCC(CO)NC(=O)C(C)Oc1ccc(Cl)c(C)c1. The number of hydrogen-bond donors (Lipinski definition) is 2. The van der Waals surface area contributed by atoms with E-state index in [0.717, 1.165) is 5.56 Å². The Kier molecular flexibility index (Phi) is 6.12. The quantitative estimate of drug-likeness (QED) is 0.843. The fraction of sp³-hybridized carbons (Fsp3) is 0.500. The number of carbonyl (C=O) groups excluding carboxylic acids is 1. The van der Waals surface area contributed by atoms with E-state index >= 15 is 0 Å². The first-order valence-electron chi connectivity index (χ1n) is 6.32. The number of aliphatic hydroxyl groups excluding tert-OH is 1. The second-order valence-electron chi connectivity index (χ2n) is 4.47. The van der Waals surface area contributed by atoms with Crippen molar-refractivity contribution in [2.45, 2.75) is 39.3 Å². The van der Waals surface area contributed by atoms with Crippen LogP contribution < -0.4 is 10.1 Å². The Morgan fingerprint density at radius 1 is 1.53 bits per heavy atom. The van der Waals surface area contributed by atoms with Gasteiger partial charge in [-0.2, -0.15) is 0 Å². The molecule has 0 aromatic heterocycles. The van der Waals surface area contributed by atoms with Gasteiger partial charge in [0.2, 0.25) is 0 Å². The van der Waals surface area contributed by atoms with Crippen molar-refractivity contribution in [1.82, 2.24) is 5.32 Å². The number of amides is 1. The summed E-state index contributed by atoms with van der Waals surface area (Å²) in [6.45, 7) is 5.37. The molecular formula is C14H20ClNO3. The molecule has 0 aliphatic rings. The fourth-order valence-corrected chi connectivity index (χ4v) is 1.66. The number of aliphatic hydroxyl groups is 1. The molecule has 0 saturated carbocycles. The van der Waals surface area contributed by atoms with Crippen LogP contribution >= 0.6 is 11.6 Å². The summed E-state index contributed by atoms with van der Waals surface area (Å²) in [5, 5.41) is 12.4. The molecule has 2 atom stereocenters. The first-order valence-corrected chi connectivity index (χ1v) is 6.69. The summed E-state index contributed by atoms with van der Waals surface area (Å²) in [5.74, 6) is 0.357. The van der Waals surface area contributed by atoms with Crippen molar-refractivity contribution in [3.63, 3.8) is 0 Å². The third-order valence-electron chi connectivity index (χ3n) is 2.87. The maximum absolute atomic E-state index is 11.9. The Morgan fingerprint density at radius 3 is 2.74 bits per heavy atom. The highest BCUT2D eigenvalue weighted by atomic mass is 35.5. The fourth-order valence-electron chi connectivity index (χ4n) is 1.54. The minimum absolute atomic E-state index is 0.0744. The van der Waals surface area contributed by atoms with Gasteiger partial charge in [-0.05, 0) is 44.0 Å². The molecule has 0 heterocycles. The normalized spacial score (nSPS) is 13.7. The van der Waals surface area contributed by atoms with Gasteiger partial charge in [0.1, 0.15) is 5.75 Å². The van der Waals surface area contributed by atoms with Crippen molar-refractivity contribution >= 4 is 17.5 Å². The summed E-state index contributed by atoms with van der Waals surface area (Å²) in [6.07, 6.45) is 0.0517. The molecule has 1 aromatic rings. The lowest BCUT2D eigenvalue weighted by Crippen LogP contribution is -2.43. The molecule has 2 N–H and O–H groups in total. The Balaban J connectivity index is 2.60. The van der Waals surface area contributed by atoms with Crippen LogP contribution in [0.5, 0.6) is 5.75 Å². The molecular weight excluding hydrogens is 266 g/mol. The highest BCUT2D eigenvalue weighted by molar-refractivity contribution is 6.31. The third-order valence-corrected chi connectivity index (χ3v) is 3.30. The predicted molar refractivity (Wildman–Crippen MR) is 75.6 cm³/mol. The van der Waals surface area contributed by atoms with E-state index in [4.69, 9.17) is 21.4 Å². The van der Waals surface area contributed by atoms with Crippen LogP contribution in [0, 0.1) is 6.92 Å². The van der Waals surface area contributed by atoms with Crippen LogP contribution in [0.2, 0.25) is 5.02 Å². The third kappa shape index (κ3) is 4.73. The predicted octanol–water partition coefficient (Wildman–Crippen LogP) is 2.30. The van der Waals surface area contributed by atoms with Crippen molar-refractivity contribution in [3.8, 4) is 5.75 Å². The number of halogens is 1. The zero-order valence-electron chi connectivity index (χ0n) is 11.4. The second kappa shape index (κ2) is 7.36. The Hall–Kier alpha value is -1.26. The van der Waals surface area contributed by atoms with Crippen molar-refractivity contribution in [1.29, 1.82) is 0 Å². The lowest BCUT2D eigenvalue weighted by Gasteiger charge is -2.19. The minimum Gasteiger partial charge on any atom is -0.481 e. The van der Waals surface area contributed by atoms with E-state index in [9.17, 15) is 4.79 Å². The largest absolute Gasteiger partial charge is 0.481 e. The average Bonchev–Trinajstić information content (AvgIpc) is 2.39. The molecule has 5 heteroatoms. The lowest BCUT2D eigenvalue weighted by atomic mass is 10.2. The van der Waals surface area contributed by atoms with Gasteiger partial charge in [-0.25, -0.2) is 0 Å². The van der Waals surface area contributed by atoms with Crippen LogP contribution in [-0.4, -0.2) is 29.8 Å². The Labute approximate surface area is 118 Å². The topological polar surface area (TPSA) is 58.6 Å². The summed E-state index contributed by atoms with van der Waals surface area (Å²) in [6, 6.07) is 5.02. The summed E-state index contributed by atoms with van der Waals surface area (Å²) in [4.78, 5) is 11.9. The molecule has 2 unspecified atom stereocenters. The Morgan fingerprint density at radius 2 is 2.21 bits per heavy atom. The van der Waals surface area contributed by atoms with E-state index in [-0.39, 0.29) is 18.6 Å². The maximum atomic E-state index is 11.9. The minimum atomic E-state index is -0.624. The molecule has 0 aliphatic carbocycles. The van der Waals surface area contributed by atoms with Crippen molar-refractivity contribution in [2.75, 3.05) is 6.61 Å². The first-order chi connectivity index (χ1) is 8.97. The van der Waals surface area contributed by atoms with Gasteiger partial charge in [0.05, 0.1) is 12.6 Å². The number of ether oxygens (including phenoxy) is 1. The molecule has 0 fully saturated rings. The highest BCUT2D eigenvalue weighted by Crippen LogP contribution is 2.21. The standard InChI is InChI=1S/C14H20ClNO3/c1-4-11(8-17)16-14(18)10(3)19-12-5-6-13(15)9(2)7-12/h5-7,10-11,17H,4,8H2,1-3H3,(H,16,18). The van der Waals surface area contributed by atoms with Crippen LogP contribution in [0.15, 0.2) is 18.2 Å². The zero-order chi connectivity index (χ0) is 14.4. The summed E-state index contributed by atoms with van der Waals surface area (Å²) in [5.41, 5.74) is 0.897. The van der Waals surface area contributed by atoms with E-state index in [2.05, 4.69) is 5.32 Å². The van der Waals surface area contributed by atoms with Crippen LogP contribution in [0.1, 0.15) is 25.8 Å². The molecule has 19 heavy (non-hydrogen) atoms. The summed E-state index contributed by atoms with van der Waals surface area (Å²) in [7, 11) is 0. The number of nitrogens with one attached hydrogen (secondary N) is 1. The van der Waals surface area contributed by atoms with Crippen LogP contribution in [0.4, 0.5) is 0 Å². The number of aryl methyl sites for hydroxylation is 1. The smallest absolute Gasteiger partial charge is 0.261 e. The molecule has 0 bridgehead atoms. The molecule has 1 amide bonds. The molecule has 0 spiro atoms. The van der Waals surface area contributed by atoms with E-state index in [1.54, 1.807) is 25.1 Å². The van der Waals surface area contributed by atoms with Gasteiger partial charge in [0, 0.05) is 5.02 Å². The Bertz CT molecular complexity index is 433. The number of hydrogen-bond acceptors (Lipinski definition) is 3. The van der Waals surface area contributed by atoms with E-state index in [0.29, 0.717) is 17.2 Å². The van der Waals surface area contributed by atoms with Gasteiger partial charge in [0.15, 0.2) is 6.10 Å². The summed E-state index contributed by atoms with van der Waals surface area (Å²) < 4.78 is 5.55. The molecule has 1 aromatic carbocycles. The van der Waals surface area contributed by atoms with Gasteiger partial charge in [-0.3, -0.25) is 4.79 Å². The lowest BCUT2D eigenvalue weighted by molar-refractivity contribution is -0.128. The van der Waals surface area contributed by atoms with Gasteiger partial charge in [-0.1, -0.05) is 18.5 Å². The van der Waals surface area contributed by atoms with Crippen LogP contribution in [0.25, 0.3) is 0 Å². The molecule has 106 valence electrons. The van der Waals surface area contributed by atoms with Gasteiger partial charge in [-0.15, -0.1) is 0 Å². The number of carbonyl (C=O) groups is 1. The molecule has 0 saturated heterocycles. The number of benzene rings is 1. The van der Waals surface area contributed by atoms with E-state index < -0.39 is 6.10 Å². The van der Waals surface area contributed by atoms with Crippen LogP contribution in [-0.2, 0) is 4.79 Å². The molecule has 0 aliphatic heterocycles. The van der Waals surface area contributed by atoms with Crippen molar-refractivity contribution in [3.05, 3.63) is 28.8 Å². The van der Waals surface area contributed by atoms with Crippen molar-refractivity contribution in [2.24, 2.45) is 0 Å². The first kappa shape index (κ1) is 15.8. The second-order valence-corrected chi connectivity index (χ2v) is 4.87.